The van der Waals surface area contributed by atoms with E-state index in [0.29, 0.717) is 30.9 Å². The van der Waals surface area contributed by atoms with Gasteiger partial charge in [-0.2, -0.15) is 0 Å². The molecule has 0 saturated carbocycles. The van der Waals surface area contributed by atoms with E-state index in [1.54, 1.807) is 24.3 Å². The van der Waals surface area contributed by atoms with E-state index in [-0.39, 0.29) is 12.0 Å². The van der Waals surface area contributed by atoms with Crippen molar-refractivity contribution in [1.29, 1.82) is 0 Å². The molecule has 1 saturated heterocycles. The fourth-order valence-corrected chi connectivity index (χ4v) is 2.20. The third kappa shape index (κ3) is 3.44. The number of halogens is 1. The summed E-state index contributed by atoms with van der Waals surface area (Å²) in [5.41, 5.74) is 0.483. The molecule has 0 spiro atoms. The number of alkyl halides is 1. The van der Waals surface area contributed by atoms with Gasteiger partial charge >= 0.3 is 5.97 Å². The molecule has 0 N–H and O–H groups in total. The molecule has 1 aliphatic rings. The highest BCUT2D eigenvalue weighted by Crippen LogP contribution is 2.20. The normalized spacial score (nSPS) is 23.3. The van der Waals surface area contributed by atoms with Gasteiger partial charge < -0.3 is 9.47 Å². The van der Waals surface area contributed by atoms with Crippen molar-refractivity contribution in [1.82, 2.24) is 4.90 Å². The SMILES string of the molecule is COC(=O)c1ccc(OCC2CC(F)CN2C)cc1. The minimum absolute atomic E-state index is 0.107. The maximum atomic E-state index is 13.2. The predicted molar refractivity (Wildman–Crippen MR) is 69.2 cm³/mol. The maximum Gasteiger partial charge on any atom is 0.337 e. The second-order valence-electron chi connectivity index (χ2n) is 4.75. The fraction of sp³-hybridized carbons (Fsp3) is 0.500. The number of esters is 1. The second-order valence-corrected chi connectivity index (χ2v) is 4.75. The molecular formula is C14H18FNO3. The number of ether oxygens (including phenoxy) is 2. The molecule has 0 aliphatic carbocycles. The number of carbonyl (C=O) groups excluding carboxylic acids is 1. The Hall–Kier alpha value is -1.62. The van der Waals surface area contributed by atoms with Gasteiger partial charge in [0.25, 0.3) is 0 Å². The number of hydrogen-bond donors (Lipinski definition) is 0. The first kappa shape index (κ1) is 13.8. The van der Waals surface area contributed by atoms with Crippen molar-refractivity contribution in [2.75, 3.05) is 27.3 Å². The first-order valence-corrected chi connectivity index (χ1v) is 6.25. The number of hydrogen-bond acceptors (Lipinski definition) is 4. The van der Waals surface area contributed by atoms with Crippen LogP contribution in [0.3, 0.4) is 0 Å². The largest absolute Gasteiger partial charge is 0.492 e. The van der Waals surface area contributed by atoms with Crippen LogP contribution in [0.15, 0.2) is 24.3 Å². The van der Waals surface area contributed by atoms with Gasteiger partial charge in [0.05, 0.1) is 12.7 Å². The Bertz CT molecular complexity index is 435. The summed E-state index contributed by atoms with van der Waals surface area (Å²) < 4.78 is 23.4. The summed E-state index contributed by atoms with van der Waals surface area (Å²) in [6.45, 7) is 0.920. The van der Waals surface area contributed by atoms with Crippen LogP contribution in [-0.4, -0.2) is 50.4 Å². The number of rotatable bonds is 4. The topological polar surface area (TPSA) is 38.8 Å². The third-order valence-corrected chi connectivity index (χ3v) is 3.36. The van der Waals surface area contributed by atoms with Gasteiger partial charge in [-0.05, 0) is 37.7 Å². The molecule has 0 aromatic heterocycles. The number of likely N-dealkylation sites (N-methyl/N-ethyl adjacent to an activating group) is 1. The van der Waals surface area contributed by atoms with E-state index in [1.807, 2.05) is 11.9 Å². The summed E-state index contributed by atoms with van der Waals surface area (Å²) in [7, 11) is 3.24. The average Bonchev–Trinajstić information content (AvgIpc) is 2.74. The summed E-state index contributed by atoms with van der Waals surface area (Å²) in [4.78, 5) is 13.2. The number of benzene rings is 1. The Kier molecular flexibility index (Phi) is 4.37. The maximum absolute atomic E-state index is 13.2. The van der Waals surface area contributed by atoms with Gasteiger partial charge in [0.15, 0.2) is 0 Å². The van der Waals surface area contributed by atoms with E-state index in [9.17, 15) is 9.18 Å². The molecule has 1 fully saturated rings. The van der Waals surface area contributed by atoms with Crippen molar-refractivity contribution in [2.24, 2.45) is 0 Å². The van der Waals surface area contributed by atoms with E-state index in [0.717, 1.165) is 0 Å². The van der Waals surface area contributed by atoms with Gasteiger partial charge in [-0.15, -0.1) is 0 Å². The number of carbonyl (C=O) groups is 1. The van der Waals surface area contributed by atoms with Crippen molar-refractivity contribution in [3.05, 3.63) is 29.8 Å². The van der Waals surface area contributed by atoms with Crippen molar-refractivity contribution in [2.45, 2.75) is 18.6 Å². The lowest BCUT2D eigenvalue weighted by molar-refractivity contribution is 0.0600. The smallest absolute Gasteiger partial charge is 0.337 e. The number of likely N-dealkylation sites (tertiary alicyclic amines) is 1. The summed E-state index contributed by atoms with van der Waals surface area (Å²) in [5, 5.41) is 0. The van der Waals surface area contributed by atoms with Crippen LogP contribution in [0, 0.1) is 0 Å². The minimum Gasteiger partial charge on any atom is -0.492 e. The van der Waals surface area contributed by atoms with E-state index < -0.39 is 6.17 Å². The molecule has 2 unspecified atom stereocenters. The molecule has 19 heavy (non-hydrogen) atoms. The van der Waals surface area contributed by atoms with Crippen LogP contribution in [0.25, 0.3) is 0 Å². The molecule has 1 heterocycles. The predicted octanol–water partition coefficient (Wildman–Crippen LogP) is 1.89. The highest BCUT2D eigenvalue weighted by Gasteiger charge is 2.29. The molecule has 4 nitrogen and oxygen atoms in total. The first-order chi connectivity index (χ1) is 9.10. The first-order valence-electron chi connectivity index (χ1n) is 6.25. The zero-order valence-corrected chi connectivity index (χ0v) is 11.1. The minimum atomic E-state index is -0.764. The molecule has 2 atom stereocenters. The summed E-state index contributed by atoms with van der Waals surface area (Å²) in [6.07, 6.45) is -0.253. The highest BCUT2D eigenvalue weighted by molar-refractivity contribution is 5.89. The van der Waals surface area contributed by atoms with E-state index in [1.165, 1.54) is 7.11 Å². The number of methoxy groups -OCH3 is 1. The summed E-state index contributed by atoms with van der Waals surface area (Å²) in [5.74, 6) is 0.297. The monoisotopic (exact) mass is 267 g/mol. The summed E-state index contributed by atoms with van der Waals surface area (Å²) in [6, 6.07) is 6.84. The van der Waals surface area contributed by atoms with Crippen LogP contribution in [0.2, 0.25) is 0 Å². The van der Waals surface area contributed by atoms with Gasteiger partial charge in [0.2, 0.25) is 0 Å². The van der Waals surface area contributed by atoms with E-state index in [4.69, 9.17) is 4.74 Å². The summed E-state index contributed by atoms with van der Waals surface area (Å²) >= 11 is 0. The fourth-order valence-electron chi connectivity index (χ4n) is 2.20. The Morgan fingerprint density at radius 3 is 2.63 bits per heavy atom. The van der Waals surface area contributed by atoms with Crippen LogP contribution >= 0.6 is 0 Å². The van der Waals surface area contributed by atoms with Crippen LogP contribution in [-0.2, 0) is 4.74 Å². The highest BCUT2D eigenvalue weighted by atomic mass is 19.1. The standard InChI is InChI=1S/C14H18FNO3/c1-16-8-11(15)7-12(16)9-19-13-5-3-10(4-6-13)14(17)18-2/h3-6,11-12H,7-9H2,1-2H3. The molecule has 1 aromatic rings. The van der Waals surface area contributed by atoms with Gasteiger partial charge in [-0.1, -0.05) is 0 Å². The van der Waals surface area contributed by atoms with Crippen LogP contribution in [0.4, 0.5) is 4.39 Å². The molecule has 0 radical (unpaired) electrons. The lowest BCUT2D eigenvalue weighted by Gasteiger charge is -2.19. The lowest BCUT2D eigenvalue weighted by atomic mass is 10.2. The zero-order chi connectivity index (χ0) is 13.8. The van der Waals surface area contributed by atoms with Crippen molar-refractivity contribution >= 4 is 5.97 Å². The molecule has 1 aromatic carbocycles. The van der Waals surface area contributed by atoms with Gasteiger partial charge in [0.1, 0.15) is 18.5 Å². The third-order valence-electron chi connectivity index (χ3n) is 3.36. The zero-order valence-electron chi connectivity index (χ0n) is 11.1. The lowest BCUT2D eigenvalue weighted by Crippen LogP contribution is -2.30. The van der Waals surface area contributed by atoms with Crippen molar-refractivity contribution < 1.29 is 18.7 Å². The van der Waals surface area contributed by atoms with Gasteiger partial charge in [0, 0.05) is 12.6 Å². The molecule has 1 aliphatic heterocycles. The molecule has 5 heteroatoms. The van der Waals surface area contributed by atoms with Crippen LogP contribution in [0.1, 0.15) is 16.8 Å². The Balaban J connectivity index is 1.88. The molecule has 0 amide bonds. The quantitative estimate of drug-likeness (QED) is 0.781. The number of nitrogens with zero attached hydrogens (tertiary/aromatic N) is 1. The molecule has 104 valence electrons. The Labute approximate surface area is 112 Å². The van der Waals surface area contributed by atoms with Crippen LogP contribution < -0.4 is 4.74 Å². The van der Waals surface area contributed by atoms with Crippen molar-refractivity contribution in [3.63, 3.8) is 0 Å². The molecule has 0 bridgehead atoms. The van der Waals surface area contributed by atoms with E-state index in [2.05, 4.69) is 4.74 Å². The Morgan fingerprint density at radius 1 is 1.42 bits per heavy atom. The molecule has 2 rings (SSSR count). The van der Waals surface area contributed by atoms with Gasteiger partial charge in [-0.3, -0.25) is 4.90 Å². The molecular weight excluding hydrogens is 249 g/mol. The van der Waals surface area contributed by atoms with Gasteiger partial charge in [-0.25, -0.2) is 9.18 Å². The second kappa shape index (κ2) is 6.02. The average molecular weight is 267 g/mol. The van der Waals surface area contributed by atoms with E-state index >= 15 is 0 Å². The van der Waals surface area contributed by atoms with Crippen LogP contribution in [0.5, 0.6) is 5.75 Å². The van der Waals surface area contributed by atoms with Crippen molar-refractivity contribution in [3.8, 4) is 5.75 Å². The Morgan fingerprint density at radius 2 is 2.11 bits per heavy atom.